The van der Waals surface area contributed by atoms with E-state index in [4.69, 9.17) is 16.3 Å². The van der Waals surface area contributed by atoms with Crippen molar-refractivity contribution in [1.82, 2.24) is 0 Å². The molecule has 0 spiro atoms. The minimum Gasteiger partial charge on any atom is -0.456 e. The van der Waals surface area contributed by atoms with Crippen LogP contribution in [0, 0.1) is 6.92 Å². The van der Waals surface area contributed by atoms with Gasteiger partial charge in [-0.2, -0.15) is 0 Å². The second-order valence-electron chi connectivity index (χ2n) is 3.39. The van der Waals surface area contributed by atoms with E-state index in [1.54, 1.807) is 0 Å². The molecule has 1 radical (unpaired) electrons. The summed E-state index contributed by atoms with van der Waals surface area (Å²) in [5.74, 6) is 1.48. The SMILES string of the molecule is [CH2]Cc1ccccc1Oc1ccccc1Cl. The van der Waals surface area contributed by atoms with E-state index < -0.39 is 0 Å². The summed E-state index contributed by atoms with van der Waals surface area (Å²) >= 11 is 6.03. The van der Waals surface area contributed by atoms with E-state index in [1.165, 1.54) is 0 Å². The third-order valence-corrected chi connectivity index (χ3v) is 2.61. The zero-order valence-electron chi connectivity index (χ0n) is 8.82. The summed E-state index contributed by atoms with van der Waals surface area (Å²) < 4.78 is 5.76. The van der Waals surface area contributed by atoms with Gasteiger partial charge in [0.2, 0.25) is 0 Å². The average Bonchev–Trinajstić information content (AvgIpc) is 2.33. The molecular weight excluding hydrogens is 220 g/mol. The standard InChI is InChI=1S/C14H12ClO/c1-2-11-7-3-5-9-13(11)16-14-10-6-4-8-12(14)15/h3-10H,1-2H2. The maximum absolute atomic E-state index is 6.03. The minimum absolute atomic E-state index is 0.612. The van der Waals surface area contributed by atoms with Gasteiger partial charge in [-0.05, 0) is 37.1 Å². The summed E-state index contributed by atoms with van der Waals surface area (Å²) in [4.78, 5) is 0. The summed E-state index contributed by atoms with van der Waals surface area (Å²) in [5.41, 5.74) is 1.07. The van der Waals surface area contributed by atoms with Crippen LogP contribution in [0.5, 0.6) is 11.5 Å². The van der Waals surface area contributed by atoms with Crippen LogP contribution in [0.4, 0.5) is 0 Å². The van der Waals surface area contributed by atoms with Crippen molar-refractivity contribution in [2.24, 2.45) is 0 Å². The molecule has 0 saturated carbocycles. The third kappa shape index (κ3) is 2.37. The van der Waals surface area contributed by atoms with Crippen molar-refractivity contribution in [2.75, 3.05) is 0 Å². The van der Waals surface area contributed by atoms with Crippen LogP contribution >= 0.6 is 11.6 Å². The summed E-state index contributed by atoms with van der Waals surface area (Å²) in [6, 6.07) is 15.3. The highest BCUT2D eigenvalue weighted by Crippen LogP contribution is 2.30. The van der Waals surface area contributed by atoms with Crippen molar-refractivity contribution in [1.29, 1.82) is 0 Å². The summed E-state index contributed by atoms with van der Waals surface area (Å²) in [5, 5.41) is 0.612. The predicted molar refractivity (Wildman–Crippen MR) is 67.0 cm³/mol. The Labute approximate surface area is 101 Å². The van der Waals surface area contributed by atoms with E-state index in [-0.39, 0.29) is 0 Å². The molecule has 0 unspecified atom stereocenters. The van der Waals surface area contributed by atoms with Crippen LogP contribution in [0.3, 0.4) is 0 Å². The molecule has 0 heterocycles. The van der Waals surface area contributed by atoms with Gasteiger partial charge in [-0.25, -0.2) is 0 Å². The van der Waals surface area contributed by atoms with Crippen molar-refractivity contribution >= 4 is 11.6 Å². The van der Waals surface area contributed by atoms with Crippen molar-refractivity contribution in [3.63, 3.8) is 0 Å². The van der Waals surface area contributed by atoms with Gasteiger partial charge >= 0.3 is 0 Å². The second-order valence-corrected chi connectivity index (χ2v) is 3.80. The molecular formula is C14H12ClO. The molecule has 2 heteroatoms. The molecule has 0 bridgehead atoms. The lowest BCUT2D eigenvalue weighted by Gasteiger charge is -2.10. The first-order valence-electron chi connectivity index (χ1n) is 5.11. The molecule has 1 nitrogen and oxygen atoms in total. The first kappa shape index (κ1) is 11.0. The van der Waals surface area contributed by atoms with Gasteiger partial charge in [-0.15, -0.1) is 0 Å². The molecule has 16 heavy (non-hydrogen) atoms. The number of hydrogen-bond donors (Lipinski definition) is 0. The molecule has 0 amide bonds. The quantitative estimate of drug-likeness (QED) is 0.755. The molecule has 0 fully saturated rings. The molecule has 2 aromatic rings. The van der Waals surface area contributed by atoms with E-state index in [0.29, 0.717) is 17.2 Å². The second kappa shape index (κ2) is 5.04. The summed E-state index contributed by atoms with van der Waals surface area (Å²) in [6.45, 7) is 3.87. The van der Waals surface area contributed by atoms with Crippen LogP contribution in [0.25, 0.3) is 0 Å². The van der Waals surface area contributed by atoms with E-state index in [1.807, 2.05) is 48.5 Å². The Hall–Kier alpha value is -1.47. The van der Waals surface area contributed by atoms with Gasteiger partial charge in [0.25, 0.3) is 0 Å². The van der Waals surface area contributed by atoms with Crippen LogP contribution in [0.15, 0.2) is 48.5 Å². The van der Waals surface area contributed by atoms with Gasteiger partial charge in [0.15, 0.2) is 0 Å². The fourth-order valence-electron chi connectivity index (χ4n) is 1.46. The average molecular weight is 232 g/mol. The molecule has 0 aliphatic heterocycles. The van der Waals surface area contributed by atoms with E-state index in [9.17, 15) is 0 Å². The van der Waals surface area contributed by atoms with Gasteiger partial charge in [0, 0.05) is 0 Å². The lowest BCUT2D eigenvalue weighted by atomic mass is 10.1. The third-order valence-electron chi connectivity index (χ3n) is 2.30. The highest BCUT2D eigenvalue weighted by molar-refractivity contribution is 6.32. The minimum atomic E-state index is 0.612. The molecule has 0 aromatic heterocycles. The van der Waals surface area contributed by atoms with E-state index in [2.05, 4.69) is 6.92 Å². The molecule has 2 rings (SSSR count). The van der Waals surface area contributed by atoms with Crippen LogP contribution in [-0.4, -0.2) is 0 Å². The topological polar surface area (TPSA) is 9.23 Å². The Bertz CT molecular complexity index is 480. The van der Waals surface area contributed by atoms with Crippen LogP contribution < -0.4 is 4.74 Å². The largest absolute Gasteiger partial charge is 0.456 e. The fourth-order valence-corrected chi connectivity index (χ4v) is 1.63. The highest BCUT2D eigenvalue weighted by atomic mass is 35.5. The molecule has 0 saturated heterocycles. The number of para-hydroxylation sites is 2. The number of hydrogen-bond acceptors (Lipinski definition) is 1. The maximum atomic E-state index is 6.03. The lowest BCUT2D eigenvalue weighted by Crippen LogP contribution is -1.90. The van der Waals surface area contributed by atoms with Crippen molar-refractivity contribution in [3.05, 3.63) is 66.0 Å². The maximum Gasteiger partial charge on any atom is 0.146 e. The van der Waals surface area contributed by atoms with Crippen LogP contribution in [-0.2, 0) is 6.42 Å². The molecule has 0 atom stereocenters. The zero-order valence-corrected chi connectivity index (χ0v) is 9.58. The van der Waals surface area contributed by atoms with Gasteiger partial charge in [-0.1, -0.05) is 41.9 Å². The van der Waals surface area contributed by atoms with Gasteiger partial charge in [0.1, 0.15) is 11.5 Å². The molecule has 0 aliphatic rings. The normalized spacial score (nSPS) is 10.1. The van der Waals surface area contributed by atoms with Gasteiger partial charge < -0.3 is 4.74 Å². The predicted octanol–water partition coefficient (Wildman–Crippen LogP) is 4.51. The van der Waals surface area contributed by atoms with Gasteiger partial charge in [0.05, 0.1) is 5.02 Å². The zero-order chi connectivity index (χ0) is 11.4. The number of rotatable bonds is 3. The molecule has 0 aliphatic carbocycles. The summed E-state index contributed by atoms with van der Waals surface area (Å²) in [7, 11) is 0. The van der Waals surface area contributed by atoms with E-state index >= 15 is 0 Å². The van der Waals surface area contributed by atoms with Crippen molar-refractivity contribution < 1.29 is 4.74 Å². The Kier molecular flexibility index (Phi) is 3.47. The number of benzene rings is 2. The molecule has 81 valence electrons. The smallest absolute Gasteiger partial charge is 0.146 e. The van der Waals surface area contributed by atoms with Crippen molar-refractivity contribution in [3.8, 4) is 11.5 Å². The van der Waals surface area contributed by atoms with Gasteiger partial charge in [-0.3, -0.25) is 0 Å². The number of ether oxygens (including phenoxy) is 1. The highest BCUT2D eigenvalue weighted by Gasteiger charge is 2.04. The Morgan fingerprint density at radius 2 is 1.56 bits per heavy atom. The lowest BCUT2D eigenvalue weighted by molar-refractivity contribution is 0.478. The first-order chi connectivity index (χ1) is 7.81. The monoisotopic (exact) mass is 231 g/mol. The van der Waals surface area contributed by atoms with Crippen molar-refractivity contribution in [2.45, 2.75) is 6.42 Å². The molecule has 2 aromatic carbocycles. The summed E-state index contributed by atoms with van der Waals surface area (Å²) in [6.07, 6.45) is 0.695. The Morgan fingerprint density at radius 3 is 2.25 bits per heavy atom. The van der Waals surface area contributed by atoms with E-state index in [0.717, 1.165) is 11.3 Å². The Morgan fingerprint density at radius 1 is 0.938 bits per heavy atom. The first-order valence-corrected chi connectivity index (χ1v) is 5.48. The Balaban J connectivity index is 2.30. The molecule has 0 N–H and O–H groups in total. The van der Waals surface area contributed by atoms with Crippen LogP contribution in [0.2, 0.25) is 5.02 Å². The van der Waals surface area contributed by atoms with Crippen LogP contribution in [0.1, 0.15) is 5.56 Å². The fraction of sp³-hybridized carbons (Fsp3) is 0.0714. The number of halogens is 1.